The Morgan fingerprint density at radius 2 is 1.90 bits per heavy atom. The summed E-state index contributed by atoms with van der Waals surface area (Å²) in [7, 11) is 3.04. The minimum absolute atomic E-state index is 0.0365. The predicted molar refractivity (Wildman–Crippen MR) is 158 cm³/mol. The molecule has 200 valence electrons. The van der Waals surface area contributed by atoms with Gasteiger partial charge in [-0.1, -0.05) is 41.7 Å². The number of esters is 1. The van der Waals surface area contributed by atoms with Gasteiger partial charge in [0, 0.05) is 5.56 Å². The van der Waals surface area contributed by atoms with Crippen molar-refractivity contribution in [3.05, 3.63) is 94.2 Å². The first-order valence-corrected chi connectivity index (χ1v) is 14.0. The number of hydrogen-bond acceptors (Lipinski definition) is 8. The van der Waals surface area contributed by atoms with E-state index in [9.17, 15) is 14.7 Å². The number of phenols is 1. The Kier molecular flexibility index (Phi) is 7.50. The summed E-state index contributed by atoms with van der Waals surface area (Å²) in [6, 6.07) is 14.2. The Balaban J connectivity index is 1.83. The van der Waals surface area contributed by atoms with Crippen molar-refractivity contribution in [2.45, 2.75) is 19.9 Å². The summed E-state index contributed by atoms with van der Waals surface area (Å²) >= 11 is 3.24. The van der Waals surface area contributed by atoms with E-state index in [2.05, 4.69) is 4.99 Å². The Morgan fingerprint density at radius 1 is 1.15 bits per heavy atom. The Labute approximate surface area is 241 Å². The summed E-state index contributed by atoms with van der Waals surface area (Å²) in [6.07, 6.45) is 1.73. The molecule has 2 heterocycles. The molecule has 5 rings (SSSR count). The number of carbonyl (C=O) groups is 1. The molecule has 0 spiro atoms. The number of thiazole rings is 1. The lowest BCUT2D eigenvalue weighted by Gasteiger charge is -2.27. The van der Waals surface area contributed by atoms with Crippen molar-refractivity contribution in [2.75, 3.05) is 20.8 Å². The van der Waals surface area contributed by atoms with Crippen LogP contribution >= 0.6 is 33.9 Å². The molecule has 39 heavy (non-hydrogen) atoms. The van der Waals surface area contributed by atoms with Crippen LogP contribution in [-0.4, -0.2) is 36.5 Å². The van der Waals surface area contributed by atoms with Crippen LogP contribution in [0.1, 0.15) is 31.0 Å². The summed E-state index contributed by atoms with van der Waals surface area (Å²) < 4.78 is 19.1. The van der Waals surface area contributed by atoms with Crippen LogP contribution < -0.4 is 24.4 Å². The van der Waals surface area contributed by atoms with Crippen LogP contribution in [0.15, 0.2) is 69.6 Å². The number of allylic oxidation sites excluding steroid dienone is 1. The van der Waals surface area contributed by atoms with Gasteiger partial charge in [0.1, 0.15) is 11.8 Å². The first-order chi connectivity index (χ1) is 18.8. The maximum Gasteiger partial charge on any atom is 0.338 e. The number of fused-ring (bicyclic) bond motifs is 2. The lowest BCUT2D eigenvalue weighted by atomic mass is 9.90. The monoisotopic (exact) mass is 656 g/mol. The predicted octanol–water partition coefficient (Wildman–Crippen LogP) is 4.28. The quantitative estimate of drug-likeness (QED) is 0.246. The van der Waals surface area contributed by atoms with Crippen molar-refractivity contribution in [2.24, 2.45) is 4.99 Å². The van der Waals surface area contributed by atoms with E-state index in [4.69, 9.17) is 14.2 Å². The van der Waals surface area contributed by atoms with Gasteiger partial charge >= 0.3 is 5.97 Å². The Morgan fingerprint density at radius 3 is 2.62 bits per heavy atom. The number of ether oxygens (including phenoxy) is 3. The van der Waals surface area contributed by atoms with Crippen LogP contribution in [0.5, 0.6) is 17.2 Å². The number of phenolic OH excluding ortho intramolecular Hbond substituents is 1. The number of aromatic hydroxyl groups is 1. The summed E-state index contributed by atoms with van der Waals surface area (Å²) in [5, 5.41) is 12.0. The topological polar surface area (TPSA) is 99.4 Å². The highest BCUT2D eigenvalue weighted by Crippen LogP contribution is 2.40. The molecule has 8 nitrogen and oxygen atoms in total. The molecular weight excluding hydrogens is 631 g/mol. The molecule has 1 aromatic heterocycles. The fraction of sp³-hybridized carbons (Fsp3) is 0.207. The molecule has 1 N–H and O–H groups in total. The van der Waals surface area contributed by atoms with Crippen molar-refractivity contribution in [3.8, 4) is 17.2 Å². The number of benzene rings is 3. The van der Waals surface area contributed by atoms with Gasteiger partial charge in [-0.2, -0.15) is 0 Å². The third kappa shape index (κ3) is 4.71. The summed E-state index contributed by atoms with van der Waals surface area (Å²) in [6.45, 7) is 3.67. The van der Waals surface area contributed by atoms with Gasteiger partial charge in [-0.05, 0) is 77.0 Å². The second kappa shape index (κ2) is 10.9. The van der Waals surface area contributed by atoms with Gasteiger partial charge in [0.25, 0.3) is 5.56 Å². The molecule has 0 unspecified atom stereocenters. The largest absolute Gasteiger partial charge is 0.504 e. The fourth-order valence-corrected chi connectivity index (χ4v) is 6.46. The van der Waals surface area contributed by atoms with Gasteiger partial charge in [-0.25, -0.2) is 9.79 Å². The third-order valence-electron chi connectivity index (χ3n) is 6.51. The van der Waals surface area contributed by atoms with Gasteiger partial charge < -0.3 is 19.3 Å². The average molecular weight is 656 g/mol. The second-order valence-corrected chi connectivity index (χ2v) is 10.9. The van der Waals surface area contributed by atoms with Crippen molar-refractivity contribution < 1.29 is 24.1 Å². The van der Waals surface area contributed by atoms with Gasteiger partial charge in [-0.15, -0.1) is 0 Å². The van der Waals surface area contributed by atoms with E-state index in [0.717, 1.165) is 10.8 Å². The van der Waals surface area contributed by atoms with Gasteiger partial charge in [0.05, 0.1) is 40.2 Å². The van der Waals surface area contributed by atoms with E-state index in [0.29, 0.717) is 41.2 Å². The number of aromatic nitrogens is 1. The molecule has 0 radical (unpaired) electrons. The fourth-order valence-electron chi connectivity index (χ4n) is 4.78. The lowest BCUT2D eigenvalue weighted by Crippen LogP contribution is -2.40. The Hall–Kier alpha value is -3.64. The van der Waals surface area contributed by atoms with Crippen LogP contribution in [0, 0.1) is 3.57 Å². The number of carbonyl (C=O) groups excluding carboxylic acids is 1. The van der Waals surface area contributed by atoms with Crippen LogP contribution in [0.25, 0.3) is 16.8 Å². The van der Waals surface area contributed by atoms with E-state index in [1.165, 1.54) is 18.4 Å². The first kappa shape index (κ1) is 26.9. The normalized spacial score (nSPS) is 15.2. The standard InChI is InChI=1S/C29H25IN2O6S/c1-5-38-28(35)23-15(2)31-29-32(25(23)24-18-9-7-6-8-17(18)10-11-20(24)36-3)27(34)22(39-29)14-16-12-19(30)26(33)21(13-16)37-4/h6-14,25,33H,5H2,1-4H3/b22-14-/t25-/m0/s1. The maximum absolute atomic E-state index is 14.1. The smallest absolute Gasteiger partial charge is 0.338 e. The highest BCUT2D eigenvalue weighted by atomic mass is 127. The zero-order valence-corrected chi connectivity index (χ0v) is 24.6. The second-order valence-electron chi connectivity index (χ2n) is 8.76. The molecule has 10 heteroatoms. The van der Waals surface area contributed by atoms with E-state index >= 15 is 0 Å². The minimum atomic E-state index is -0.821. The summed E-state index contributed by atoms with van der Waals surface area (Å²) in [4.78, 5) is 32.5. The van der Waals surface area contributed by atoms with Crippen LogP contribution in [0.4, 0.5) is 0 Å². The molecule has 1 atom stereocenters. The SMILES string of the molecule is CCOC(=O)C1=C(C)N=c2s/c(=C\c3cc(I)c(O)c(OC)c3)c(=O)n2[C@@H]1c1c(OC)ccc2ccccc12. The third-order valence-corrected chi connectivity index (χ3v) is 8.31. The van der Waals surface area contributed by atoms with E-state index in [-0.39, 0.29) is 23.5 Å². The van der Waals surface area contributed by atoms with Gasteiger partial charge in [-0.3, -0.25) is 9.36 Å². The number of halogens is 1. The van der Waals surface area contributed by atoms with E-state index in [1.807, 2.05) is 59.0 Å². The molecule has 0 amide bonds. The Bertz CT molecular complexity index is 1840. The number of rotatable bonds is 6. The molecule has 0 saturated carbocycles. The van der Waals surface area contributed by atoms with Crippen molar-refractivity contribution in [1.82, 2.24) is 4.57 Å². The molecule has 1 aliphatic heterocycles. The van der Waals surface area contributed by atoms with E-state index in [1.54, 1.807) is 43.7 Å². The average Bonchev–Trinajstić information content (AvgIpc) is 3.23. The van der Waals surface area contributed by atoms with Gasteiger partial charge in [0.2, 0.25) is 0 Å². The minimum Gasteiger partial charge on any atom is -0.504 e. The van der Waals surface area contributed by atoms with Crippen molar-refractivity contribution >= 4 is 56.7 Å². The van der Waals surface area contributed by atoms with E-state index < -0.39 is 12.0 Å². The molecule has 0 saturated heterocycles. The molecule has 0 bridgehead atoms. The zero-order valence-electron chi connectivity index (χ0n) is 21.6. The highest BCUT2D eigenvalue weighted by molar-refractivity contribution is 14.1. The molecular formula is C29H25IN2O6S. The first-order valence-electron chi connectivity index (χ1n) is 12.1. The molecule has 4 aromatic rings. The van der Waals surface area contributed by atoms with Crippen LogP contribution in [0.3, 0.4) is 0 Å². The number of methoxy groups -OCH3 is 2. The molecule has 1 aliphatic rings. The van der Waals surface area contributed by atoms with Crippen molar-refractivity contribution in [3.63, 3.8) is 0 Å². The zero-order chi connectivity index (χ0) is 27.8. The highest BCUT2D eigenvalue weighted by Gasteiger charge is 2.36. The van der Waals surface area contributed by atoms with Crippen LogP contribution in [0.2, 0.25) is 0 Å². The summed E-state index contributed by atoms with van der Waals surface area (Å²) in [5.41, 5.74) is 1.81. The van der Waals surface area contributed by atoms with Crippen molar-refractivity contribution in [1.29, 1.82) is 0 Å². The number of nitrogens with zero attached hydrogens (tertiary/aromatic N) is 2. The molecule has 3 aromatic carbocycles. The van der Waals surface area contributed by atoms with Gasteiger partial charge in [0.15, 0.2) is 16.3 Å². The summed E-state index contributed by atoms with van der Waals surface area (Å²) in [5.74, 6) is 0.350. The molecule has 0 fully saturated rings. The number of hydrogen-bond donors (Lipinski definition) is 1. The lowest BCUT2D eigenvalue weighted by molar-refractivity contribution is -0.139. The maximum atomic E-state index is 14.1. The van der Waals surface area contributed by atoms with Crippen LogP contribution in [-0.2, 0) is 9.53 Å². The molecule has 0 aliphatic carbocycles.